The van der Waals surface area contributed by atoms with E-state index in [0.717, 1.165) is 12.2 Å². The second-order valence-electron chi connectivity index (χ2n) is 4.64. The van der Waals surface area contributed by atoms with Crippen LogP contribution in [0, 0.1) is 0 Å². The van der Waals surface area contributed by atoms with Gasteiger partial charge >= 0.3 is 0 Å². The van der Waals surface area contributed by atoms with Gasteiger partial charge in [0, 0.05) is 12.6 Å². The first-order chi connectivity index (χ1) is 7.83. The molecule has 0 saturated heterocycles. The lowest BCUT2D eigenvalue weighted by molar-refractivity contribution is 0.418. The average molecular weight is 218 g/mol. The van der Waals surface area contributed by atoms with Gasteiger partial charge in [-0.25, -0.2) is 0 Å². The molecule has 0 heterocycles. The van der Waals surface area contributed by atoms with Crippen molar-refractivity contribution in [1.29, 1.82) is 0 Å². The molecule has 2 heteroatoms. The molecule has 0 amide bonds. The van der Waals surface area contributed by atoms with Crippen LogP contribution in [0.15, 0.2) is 24.3 Å². The number of hydrogen-bond donors (Lipinski definition) is 1. The van der Waals surface area contributed by atoms with Crippen LogP contribution in [0.5, 0.6) is 0 Å². The minimum Gasteiger partial charge on any atom is -0.397 e. The summed E-state index contributed by atoms with van der Waals surface area (Å²) >= 11 is 0. The number of nitrogens with two attached hydrogens (primary N) is 1. The Morgan fingerprint density at radius 2 is 1.88 bits per heavy atom. The molecule has 1 fully saturated rings. The monoisotopic (exact) mass is 218 g/mol. The van der Waals surface area contributed by atoms with Crippen LogP contribution in [0.25, 0.3) is 0 Å². The zero-order chi connectivity index (χ0) is 11.4. The Kier molecular flexibility index (Phi) is 3.70. The summed E-state index contributed by atoms with van der Waals surface area (Å²) < 4.78 is 0. The van der Waals surface area contributed by atoms with E-state index in [1.54, 1.807) is 0 Å². The molecule has 1 aromatic carbocycles. The highest BCUT2D eigenvalue weighted by Crippen LogP contribution is 2.30. The Morgan fingerprint density at radius 3 is 2.50 bits per heavy atom. The molecule has 2 rings (SSSR count). The van der Waals surface area contributed by atoms with Gasteiger partial charge in [-0.2, -0.15) is 0 Å². The highest BCUT2D eigenvalue weighted by molar-refractivity contribution is 5.67. The normalized spacial score (nSPS) is 17.3. The molecule has 0 atom stereocenters. The van der Waals surface area contributed by atoms with Crippen LogP contribution in [0.3, 0.4) is 0 Å². The minimum absolute atomic E-state index is 0.698. The van der Waals surface area contributed by atoms with Gasteiger partial charge < -0.3 is 10.6 Å². The van der Waals surface area contributed by atoms with Crippen molar-refractivity contribution in [3.63, 3.8) is 0 Å². The van der Waals surface area contributed by atoms with E-state index >= 15 is 0 Å². The largest absolute Gasteiger partial charge is 0.397 e. The third-order valence-electron chi connectivity index (χ3n) is 3.60. The van der Waals surface area contributed by atoms with E-state index in [1.165, 1.54) is 37.8 Å². The summed E-state index contributed by atoms with van der Waals surface area (Å²) in [5.41, 5.74) is 8.19. The fourth-order valence-electron chi connectivity index (χ4n) is 2.77. The zero-order valence-corrected chi connectivity index (χ0v) is 10.2. The first-order valence-corrected chi connectivity index (χ1v) is 6.44. The average Bonchev–Trinajstić information content (AvgIpc) is 2.34. The maximum absolute atomic E-state index is 6.06. The highest BCUT2D eigenvalue weighted by Gasteiger charge is 2.21. The van der Waals surface area contributed by atoms with Gasteiger partial charge in [0.25, 0.3) is 0 Å². The number of hydrogen-bond acceptors (Lipinski definition) is 2. The summed E-state index contributed by atoms with van der Waals surface area (Å²) in [6, 6.07) is 8.93. The molecule has 1 aliphatic carbocycles. The number of anilines is 2. The quantitative estimate of drug-likeness (QED) is 0.788. The number of benzene rings is 1. The van der Waals surface area contributed by atoms with E-state index in [0.29, 0.717) is 6.04 Å². The van der Waals surface area contributed by atoms with Gasteiger partial charge in [0.15, 0.2) is 0 Å². The molecule has 2 nitrogen and oxygen atoms in total. The Hall–Kier alpha value is -1.18. The third kappa shape index (κ3) is 2.31. The van der Waals surface area contributed by atoms with Crippen molar-refractivity contribution < 1.29 is 0 Å². The SMILES string of the molecule is CCN(c1ccccc1N)C1CCCCC1. The smallest absolute Gasteiger partial charge is 0.0602 e. The van der Waals surface area contributed by atoms with E-state index in [1.807, 2.05) is 12.1 Å². The van der Waals surface area contributed by atoms with E-state index in [4.69, 9.17) is 5.73 Å². The van der Waals surface area contributed by atoms with Gasteiger partial charge in [0.05, 0.1) is 11.4 Å². The molecule has 1 saturated carbocycles. The predicted molar refractivity (Wildman–Crippen MR) is 70.7 cm³/mol. The fraction of sp³-hybridized carbons (Fsp3) is 0.571. The molecule has 1 aliphatic rings. The highest BCUT2D eigenvalue weighted by atomic mass is 15.2. The molecule has 0 aliphatic heterocycles. The van der Waals surface area contributed by atoms with Crippen LogP contribution < -0.4 is 10.6 Å². The van der Waals surface area contributed by atoms with Crippen molar-refractivity contribution in [1.82, 2.24) is 0 Å². The first kappa shape index (κ1) is 11.3. The number of rotatable bonds is 3. The lowest BCUT2D eigenvalue weighted by Crippen LogP contribution is -2.37. The summed E-state index contributed by atoms with van der Waals surface area (Å²) in [5.74, 6) is 0. The van der Waals surface area contributed by atoms with E-state index in [9.17, 15) is 0 Å². The lowest BCUT2D eigenvalue weighted by atomic mass is 9.93. The topological polar surface area (TPSA) is 29.3 Å². The standard InChI is InChI=1S/C14H22N2/c1-2-16(12-8-4-3-5-9-12)14-11-7-6-10-13(14)15/h6-7,10-12H,2-5,8-9,15H2,1H3. The summed E-state index contributed by atoms with van der Waals surface area (Å²) in [5, 5.41) is 0. The second-order valence-corrected chi connectivity index (χ2v) is 4.64. The maximum Gasteiger partial charge on any atom is 0.0602 e. The molecule has 0 radical (unpaired) electrons. The van der Waals surface area contributed by atoms with Crippen LogP contribution in [0.2, 0.25) is 0 Å². The molecular formula is C14H22N2. The summed E-state index contributed by atoms with van der Waals surface area (Å²) in [6.45, 7) is 3.28. The van der Waals surface area contributed by atoms with Gasteiger partial charge in [0.1, 0.15) is 0 Å². The number of nitrogen functional groups attached to an aromatic ring is 1. The minimum atomic E-state index is 0.698. The Labute approximate surface area is 98.4 Å². The van der Waals surface area contributed by atoms with E-state index in [2.05, 4.69) is 24.0 Å². The Bertz CT molecular complexity index is 329. The predicted octanol–water partition coefficient (Wildman–Crippen LogP) is 3.43. The van der Waals surface area contributed by atoms with Gasteiger partial charge in [-0.15, -0.1) is 0 Å². The van der Waals surface area contributed by atoms with Gasteiger partial charge in [0.2, 0.25) is 0 Å². The molecule has 2 N–H and O–H groups in total. The molecule has 0 unspecified atom stereocenters. The molecule has 0 aromatic heterocycles. The maximum atomic E-state index is 6.06. The number of nitrogens with zero attached hydrogens (tertiary/aromatic N) is 1. The van der Waals surface area contributed by atoms with Crippen molar-refractivity contribution in [2.45, 2.75) is 45.1 Å². The molecular weight excluding hydrogens is 196 g/mol. The number of para-hydroxylation sites is 2. The van der Waals surface area contributed by atoms with Crippen LogP contribution in [-0.2, 0) is 0 Å². The van der Waals surface area contributed by atoms with Crippen molar-refractivity contribution in [3.05, 3.63) is 24.3 Å². The summed E-state index contributed by atoms with van der Waals surface area (Å²) in [6.07, 6.45) is 6.78. The van der Waals surface area contributed by atoms with Crippen molar-refractivity contribution in [3.8, 4) is 0 Å². The van der Waals surface area contributed by atoms with Crippen LogP contribution in [-0.4, -0.2) is 12.6 Å². The summed E-state index contributed by atoms with van der Waals surface area (Å²) in [7, 11) is 0. The van der Waals surface area contributed by atoms with Gasteiger partial charge in [-0.3, -0.25) is 0 Å². The van der Waals surface area contributed by atoms with Crippen molar-refractivity contribution in [2.24, 2.45) is 0 Å². The van der Waals surface area contributed by atoms with Gasteiger partial charge in [-0.05, 0) is 31.9 Å². The molecule has 16 heavy (non-hydrogen) atoms. The molecule has 0 bridgehead atoms. The van der Waals surface area contributed by atoms with Crippen molar-refractivity contribution in [2.75, 3.05) is 17.2 Å². The molecule has 0 spiro atoms. The zero-order valence-electron chi connectivity index (χ0n) is 10.2. The second kappa shape index (κ2) is 5.24. The Balaban J connectivity index is 2.18. The molecule has 1 aromatic rings. The van der Waals surface area contributed by atoms with Crippen LogP contribution in [0.1, 0.15) is 39.0 Å². The van der Waals surface area contributed by atoms with Gasteiger partial charge in [-0.1, -0.05) is 31.4 Å². The lowest BCUT2D eigenvalue weighted by Gasteiger charge is -2.36. The van der Waals surface area contributed by atoms with E-state index in [-0.39, 0.29) is 0 Å². The van der Waals surface area contributed by atoms with Crippen LogP contribution in [0.4, 0.5) is 11.4 Å². The van der Waals surface area contributed by atoms with Crippen LogP contribution >= 0.6 is 0 Å². The molecule has 88 valence electrons. The first-order valence-electron chi connectivity index (χ1n) is 6.44. The van der Waals surface area contributed by atoms with E-state index < -0.39 is 0 Å². The Morgan fingerprint density at radius 1 is 1.19 bits per heavy atom. The third-order valence-corrected chi connectivity index (χ3v) is 3.60. The van der Waals surface area contributed by atoms with Crippen molar-refractivity contribution >= 4 is 11.4 Å². The summed E-state index contributed by atoms with van der Waals surface area (Å²) in [4.78, 5) is 2.48. The fourth-order valence-corrected chi connectivity index (χ4v) is 2.77.